The summed E-state index contributed by atoms with van der Waals surface area (Å²) in [5, 5.41) is 13.7. The van der Waals surface area contributed by atoms with E-state index in [0.717, 1.165) is 47.5 Å². The van der Waals surface area contributed by atoms with Gasteiger partial charge in [-0.1, -0.05) is 25.5 Å². The molecular formula is C19H23N3O3. The van der Waals surface area contributed by atoms with Crippen LogP contribution in [0, 0.1) is 0 Å². The molecule has 2 aromatic rings. The summed E-state index contributed by atoms with van der Waals surface area (Å²) in [4.78, 5) is 24.4. The summed E-state index contributed by atoms with van der Waals surface area (Å²) < 4.78 is 1.96. The zero-order chi connectivity index (χ0) is 18.0. The number of hydrogen-bond donors (Lipinski definition) is 1. The summed E-state index contributed by atoms with van der Waals surface area (Å²) in [7, 11) is 0. The van der Waals surface area contributed by atoms with Gasteiger partial charge in [0.1, 0.15) is 0 Å². The van der Waals surface area contributed by atoms with Gasteiger partial charge in [0.25, 0.3) is 0 Å². The summed E-state index contributed by atoms with van der Waals surface area (Å²) in [6, 6.07) is 7.50. The van der Waals surface area contributed by atoms with Gasteiger partial charge in [0.15, 0.2) is 0 Å². The van der Waals surface area contributed by atoms with E-state index in [4.69, 9.17) is 10.2 Å². The van der Waals surface area contributed by atoms with Gasteiger partial charge >= 0.3 is 5.97 Å². The monoisotopic (exact) mass is 341 g/mol. The van der Waals surface area contributed by atoms with E-state index in [9.17, 15) is 9.59 Å². The molecule has 0 spiro atoms. The van der Waals surface area contributed by atoms with Gasteiger partial charge in [-0.3, -0.25) is 9.59 Å². The SMILES string of the molecule is CCCc1nn(-c2ccc(CC(=O)O)cc2)c2c1CN(C(C)=O)CC2. The average molecular weight is 341 g/mol. The van der Waals surface area contributed by atoms with Gasteiger partial charge < -0.3 is 10.0 Å². The number of carboxylic acid groups (broad SMARTS) is 1. The molecule has 6 heteroatoms. The molecule has 0 unspecified atom stereocenters. The first-order valence-corrected chi connectivity index (χ1v) is 8.65. The van der Waals surface area contributed by atoms with Crippen LogP contribution in [-0.4, -0.2) is 38.2 Å². The van der Waals surface area contributed by atoms with Gasteiger partial charge in [0.05, 0.1) is 23.5 Å². The lowest BCUT2D eigenvalue weighted by Gasteiger charge is -2.26. The number of amides is 1. The third-order valence-corrected chi connectivity index (χ3v) is 4.61. The van der Waals surface area contributed by atoms with E-state index >= 15 is 0 Å². The number of aryl methyl sites for hydroxylation is 1. The fraction of sp³-hybridized carbons (Fsp3) is 0.421. The molecule has 0 bridgehead atoms. The van der Waals surface area contributed by atoms with E-state index in [1.54, 1.807) is 6.92 Å². The maximum absolute atomic E-state index is 11.7. The standard InChI is InChI=1S/C19H23N3O3/c1-3-4-17-16-12-21(13(2)23)10-9-18(16)22(20-17)15-7-5-14(6-8-15)11-19(24)25/h5-8H,3-4,9-12H2,1-2H3,(H,24,25). The lowest BCUT2D eigenvalue weighted by Crippen LogP contribution is -2.34. The highest BCUT2D eigenvalue weighted by Gasteiger charge is 2.26. The van der Waals surface area contributed by atoms with Crippen LogP contribution in [0.3, 0.4) is 0 Å². The van der Waals surface area contributed by atoms with Crippen LogP contribution in [0.15, 0.2) is 24.3 Å². The third kappa shape index (κ3) is 3.57. The predicted molar refractivity (Wildman–Crippen MR) is 93.7 cm³/mol. The van der Waals surface area contributed by atoms with Crippen molar-refractivity contribution in [1.82, 2.24) is 14.7 Å². The molecule has 1 aliphatic heterocycles. The zero-order valence-electron chi connectivity index (χ0n) is 14.7. The first-order valence-electron chi connectivity index (χ1n) is 8.65. The van der Waals surface area contributed by atoms with Gasteiger partial charge in [-0.15, -0.1) is 0 Å². The molecule has 0 atom stereocenters. The first kappa shape index (κ1) is 17.2. The number of carbonyl (C=O) groups is 2. The molecule has 1 amide bonds. The van der Waals surface area contributed by atoms with E-state index in [1.807, 2.05) is 33.8 Å². The molecule has 25 heavy (non-hydrogen) atoms. The number of aliphatic carboxylic acids is 1. The minimum absolute atomic E-state index is 0.0200. The van der Waals surface area contributed by atoms with Crippen LogP contribution >= 0.6 is 0 Å². The van der Waals surface area contributed by atoms with Crippen molar-refractivity contribution in [3.63, 3.8) is 0 Å². The molecule has 2 heterocycles. The second kappa shape index (κ2) is 7.09. The van der Waals surface area contributed by atoms with Gasteiger partial charge in [-0.25, -0.2) is 4.68 Å². The number of benzene rings is 1. The highest BCUT2D eigenvalue weighted by atomic mass is 16.4. The number of hydrogen-bond acceptors (Lipinski definition) is 3. The average Bonchev–Trinajstić information content (AvgIpc) is 2.93. The van der Waals surface area contributed by atoms with Crippen LogP contribution < -0.4 is 0 Å². The van der Waals surface area contributed by atoms with Crippen molar-refractivity contribution in [2.75, 3.05) is 6.54 Å². The molecule has 1 aliphatic rings. The number of carboxylic acids is 1. The fourth-order valence-electron chi connectivity index (χ4n) is 3.34. The third-order valence-electron chi connectivity index (χ3n) is 4.61. The molecule has 6 nitrogen and oxygen atoms in total. The highest BCUT2D eigenvalue weighted by Crippen LogP contribution is 2.26. The molecular weight excluding hydrogens is 318 g/mol. The molecule has 0 saturated heterocycles. The number of carbonyl (C=O) groups excluding carboxylic acids is 1. The lowest BCUT2D eigenvalue weighted by molar-refractivity contribution is -0.136. The van der Waals surface area contributed by atoms with E-state index in [-0.39, 0.29) is 12.3 Å². The molecule has 3 rings (SSSR count). The second-order valence-corrected chi connectivity index (χ2v) is 6.46. The van der Waals surface area contributed by atoms with Crippen molar-refractivity contribution in [1.29, 1.82) is 0 Å². The summed E-state index contributed by atoms with van der Waals surface area (Å²) in [5.74, 6) is -0.738. The van der Waals surface area contributed by atoms with Crippen molar-refractivity contribution in [3.8, 4) is 5.69 Å². The molecule has 0 aliphatic carbocycles. The van der Waals surface area contributed by atoms with Crippen molar-refractivity contribution in [2.24, 2.45) is 0 Å². The molecule has 0 saturated carbocycles. The number of fused-ring (bicyclic) bond motifs is 1. The van der Waals surface area contributed by atoms with Crippen LogP contribution in [0.1, 0.15) is 42.8 Å². The van der Waals surface area contributed by atoms with Gasteiger partial charge in [0.2, 0.25) is 5.91 Å². The Morgan fingerprint density at radius 1 is 1.24 bits per heavy atom. The summed E-state index contributed by atoms with van der Waals surface area (Å²) in [5.41, 5.74) is 5.08. The van der Waals surface area contributed by atoms with E-state index in [2.05, 4.69) is 6.92 Å². The highest BCUT2D eigenvalue weighted by molar-refractivity contribution is 5.73. The van der Waals surface area contributed by atoms with Crippen LogP contribution in [0.5, 0.6) is 0 Å². The fourth-order valence-corrected chi connectivity index (χ4v) is 3.34. The van der Waals surface area contributed by atoms with Crippen LogP contribution in [0.2, 0.25) is 0 Å². The normalized spacial score (nSPS) is 13.6. The van der Waals surface area contributed by atoms with Crippen LogP contribution in [0.25, 0.3) is 5.69 Å². The van der Waals surface area contributed by atoms with E-state index in [0.29, 0.717) is 13.1 Å². The molecule has 1 aromatic heterocycles. The second-order valence-electron chi connectivity index (χ2n) is 6.46. The maximum atomic E-state index is 11.7. The minimum Gasteiger partial charge on any atom is -0.481 e. The van der Waals surface area contributed by atoms with E-state index < -0.39 is 5.97 Å². The predicted octanol–water partition coefficient (Wildman–Crippen LogP) is 2.36. The Morgan fingerprint density at radius 2 is 1.96 bits per heavy atom. The Labute approximate surface area is 147 Å². The molecule has 132 valence electrons. The van der Waals surface area contributed by atoms with E-state index in [1.165, 1.54) is 0 Å². The quantitative estimate of drug-likeness (QED) is 0.906. The van der Waals surface area contributed by atoms with Gasteiger partial charge in [-0.2, -0.15) is 5.10 Å². The van der Waals surface area contributed by atoms with Crippen molar-refractivity contribution < 1.29 is 14.7 Å². The largest absolute Gasteiger partial charge is 0.481 e. The summed E-state index contributed by atoms with van der Waals surface area (Å²) in [6.07, 6.45) is 2.69. The Kier molecular flexibility index (Phi) is 4.88. The van der Waals surface area contributed by atoms with Crippen molar-refractivity contribution >= 4 is 11.9 Å². The van der Waals surface area contributed by atoms with Gasteiger partial charge in [0, 0.05) is 32.0 Å². The van der Waals surface area contributed by atoms with Crippen molar-refractivity contribution in [2.45, 2.75) is 46.1 Å². The Bertz CT molecular complexity index is 793. The Balaban J connectivity index is 1.96. The lowest BCUT2D eigenvalue weighted by atomic mass is 10.0. The number of rotatable bonds is 5. The minimum atomic E-state index is -0.834. The Hall–Kier alpha value is -2.63. The topological polar surface area (TPSA) is 75.4 Å². The van der Waals surface area contributed by atoms with Gasteiger partial charge in [-0.05, 0) is 24.1 Å². The molecule has 0 radical (unpaired) electrons. The maximum Gasteiger partial charge on any atom is 0.307 e. The summed E-state index contributed by atoms with van der Waals surface area (Å²) >= 11 is 0. The summed E-state index contributed by atoms with van der Waals surface area (Å²) in [6.45, 7) is 5.06. The Morgan fingerprint density at radius 3 is 2.56 bits per heavy atom. The molecule has 1 aromatic carbocycles. The molecule has 0 fully saturated rings. The van der Waals surface area contributed by atoms with Crippen molar-refractivity contribution in [3.05, 3.63) is 46.8 Å². The molecule has 1 N–H and O–H groups in total. The first-order chi connectivity index (χ1) is 12.0. The smallest absolute Gasteiger partial charge is 0.307 e. The number of aromatic nitrogens is 2. The van der Waals surface area contributed by atoms with Crippen LogP contribution in [-0.2, 0) is 35.4 Å². The van der Waals surface area contributed by atoms with Crippen LogP contribution in [0.4, 0.5) is 0 Å². The zero-order valence-corrected chi connectivity index (χ0v) is 14.7. The number of nitrogens with zero attached hydrogens (tertiary/aromatic N) is 3.